The normalized spacial score (nSPS) is 18.2. The van der Waals surface area contributed by atoms with Crippen LogP contribution in [0.2, 0.25) is 0 Å². The van der Waals surface area contributed by atoms with Gasteiger partial charge in [0.05, 0.1) is 18.2 Å². The number of nitrogens with one attached hydrogen (secondary N) is 1. The van der Waals surface area contributed by atoms with Gasteiger partial charge in [0, 0.05) is 36.2 Å². The molecular weight excluding hydrogens is 304 g/mol. The maximum absolute atomic E-state index is 13.0. The molecule has 7 nitrogen and oxygen atoms in total. The maximum Gasteiger partial charge on any atom is 0.255 e. The van der Waals surface area contributed by atoms with Crippen LogP contribution in [-0.2, 0) is 6.54 Å². The van der Waals surface area contributed by atoms with Crippen LogP contribution in [0.1, 0.15) is 35.3 Å². The van der Waals surface area contributed by atoms with E-state index in [2.05, 4.69) is 20.3 Å². The number of amides is 1. The summed E-state index contributed by atoms with van der Waals surface area (Å²) in [5.41, 5.74) is 2.20. The standard InChI is InChI=1S/C17H20N6O/c1-12-15-9-13(10-18-16(15)21-20-12)17(24)23-8-3-2-5-14(23)11-22-7-4-6-19-22/h4,6-7,9-10,14H,2-3,5,8,11H2,1H3,(H,18,20,21)/t14-/m0/s1. The van der Waals surface area contributed by atoms with E-state index in [0.717, 1.165) is 43.4 Å². The Morgan fingerprint density at radius 3 is 3.17 bits per heavy atom. The third-order valence-corrected chi connectivity index (χ3v) is 4.69. The number of aromatic amines is 1. The Morgan fingerprint density at radius 2 is 2.33 bits per heavy atom. The summed E-state index contributed by atoms with van der Waals surface area (Å²) < 4.78 is 1.90. The Balaban J connectivity index is 1.61. The van der Waals surface area contributed by atoms with Crippen molar-refractivity contribution < 1.29 is 4.79 Å². The average molecular weight is 324 g/mol. The molecule has 1 atom stereocenters. The van der Waals surface area contributed by atoms with Gasteiger partial charge in [-0.15, -0.1) is 0 Å². The van der Waals surface area contributed by atoms with E-state index in [0.29, 0.717) is 11.2 Å². The number of rotatable bonds is 3. The number of fused-ring (bicyclic) bond motifs is 1. The van der Waals surface area contributed by atoms with Crippen LogP contribution in [0.25, 0.3) is 11.0 Å². The van der Waals surface area contributed by atoms with Crippen molar-refractivity contribution in [3.05, 3.63) is 42.0 Å². The number of carbonyl (C=O) groups excluding carboxylic acids is 1. The summed E-state index contributed by atoms with van der Waals surface area (Å²) in [6.07, 6.45) is 8.54. The second-order valence-electron chi connectivity index (χ2n) is 6.32. The zero-order valence-electron chi connectivity index (χ0n) is 13.6. The van der Waals surface area contributed by atoms with Gasteiger partial charge >= 0.3 is 0 Å². The predicted octanol–water partition coefficient (Wildman–Crippen LogP) is 2.16. The van der Waals surface area contributed by atoms with Crippen molar-refractivity contribution in [1.82, 2.24) is 29.9 Å². The van der Waals surface area contributed by atoms with Gasteiger partial charge in [-0.2, -0.15) is 10.2 Å². The van der Waals surface area contributed by atoms with Crippen LogP contribution in [0.3, 0.4) is 0 Å². The Bertz CT molecular complexity index is 853. The molecule has 24 heavy (non-hydrogen) atoms. The SMILES string of the molecule is Cc1[nH]nc2ncc(C(=O)N3CCCC[C@H]3Cn3cccn3)cc12. The summed E-state index contributed by atoms with van der Waals surface area (Å²) in [5, 5.41) is 12.2. The van der Waals surface area contributed by atoms with Gasteiger partial charge in [0.15, 0.2) is 5.65 Å². The van der Waals surface area contributed by atoms with Gasteiger partial charge in [-0.05, 0) is 38.3 Å². The van der Waals surface area contributed by atoms with Gasteiger partial charge < -0.3 is 4.90 Å². The molecule has 3 aromatic rings. The molecule has 0 aliphatic carbocycles. The van der Waals surface area contributed by atoms with Gasteiger partial charge in [0.1, 0.15) is 0 Å². The molecule has 1 saturated heterocycles. The van der Waals surface area contributed by atoms with Crippen molar-refractivity contribution in [3.63, 3.8) is 0 Å². The fourth-order valence-electron chi connectivity index (χ4n) is 3.38. The summed E-state index contributed by atoms with van der Waals surface area (Å²) >= 11 is 0. The number of likely N-dealkylation sites (tertiary alicyclic amines) is 1. The molecule has 1 aliphatic rings. The molecular formula is C17H20N6O. The first-order valence-electron chi connectivity index (χ1n) is 8.31. The first-order valence-corrected chi connectivity index (χ1v) is 8.31. The summed E-state index contributed by atoms with van der Waals surface area (Å²) in [4.78, 5) is 19.3. The molecule has 1 fully saturated rings. The Hall–Kier alpha value is -2.70. The molecule has 3 aromatic heterocycles. The quantitative estimate of drug-likeness (QED) is 0.800. The molecule has 0 bridgehead atoms. The minimum Gasteiger partial charge on any atom is -0.334 e. The third-order valence-electron chi connectivity index (χ3n) is 4.69. The second kappa shape index (κ2) is 6.07. The Labute approximate surface area is 139 Å². The molecule has 1 N–H and O–H groups in total. The molecule has 4 heterocycles. The zero-order valence-corrected chi connectivity index (χ0v) is 13.6. The van der Waals surface area contributed by atoms with E-state index in [1.54, 1.807) is 12.4 Å². The van der Waals surface area contributed by atoms with E-state index < -0.39 is 0 Å². The molecule has 0 saturated carbocycles. The number of H-pyrrole nitrogens is 1. The van der Waals surface area contributed by atoms with E-state index in [1.165, 1.54) is 0 Å². The molecule has 0 aromatic carbocycles. The van der Waals surface area contributed by atoms with E-state index in [-0.39, 0.29) is 11.9 Å². The minimum atomic E-state index is 0.0434. The zero-order chi connectivity index (χ0) is 16.5. The fourth-order valence-corrected chi connectivity index (χ4v) is 3.38. The molecule has 1 amide bonds. The van der Waals surface area contributed by atoms with Gasteiger partial charge in [0.25, 0.3) is 5.91 Å². The van der Waals surface area contributed by atoms with Crippen molar-refractivity contribution in [3.8, 4) is 0 Å². The van der Waals surface area contributed by atoms with Crippen LogP contribution in [0.4, 0.5) is 0 Å². The Morgan fingerprint density at radius 1 is 1.42 bits per heavy atom. The topological polar surface area (TPSA) is 79.7 Å². The monoisotopic (exact) mass is 324 g/mol. The summed E-state index contributed by atoms with van der Waals surface area (Å²) in [6.45, 7) is 3.46. The molecule has 124 valence electrons. The van der Waals surface area contributed by atoms with Gasteiger partial charge in [-0.25, -0.2) is 4.98 Å². The van der Waals surface area contributed by atoms with Crippen LogP contribution < -0.4 is 0 Å². The number of carbonyl (C=O) groups is 1. The number of nitrogens with zero attached hydrogens (tertiary/aromatic N) is 5. The molecule has 7 heteroatoms. The van der Waals surface area contributed by atoms with E-state index >= 15 is 0 Å². The summed E-state index contributed by atoms with van der Waals surface area (Å²) in [7, 11) is 0. The van der Waals surface area contributed by atoms with Crippen molar-refractivity contribution >= 4 is 16.9 Å². The number of pyridine rings is 1. The minimum absolute atomic E-state index is 0.0434. The van der Waals surface area contributed by atoms with E-state index in [1.807, 2.05) is 34.8 Å². The largest absolute Gasteiger partial charge is 0.334 e. The van der Waals surface area contributed by atoms with Crippen LogP contribution in [-0.4, -0.2) is 48.4 Å². The van der Waals surface area contributed by atoms with Crippen LogP contribution in [0.5, 0.6) is 0 Å². The van der Waals surface area contributed by atoms with Crippen molar-refractivity contribution in [2.45, 2.75) is 38.8 Å². The van der Waals surface area contributed by atoms with Crippen LogP contribution >= 0.6 is 0 Å². The van der Waals surface area contributed by atoms with E-state index in [4.69, 9.17) is 0 Å². The highest BCUT2D eigenvalue weighted by Crippen LogP contribution is 2.22. The molecule has 4 rings (SSSR count). The molecule has 0 spiro atoms. The third kappa shape index (κ3) is 2.66. The number of aromatic nitrogens is 5. The highest BCUT2D eigenvalue weighted by atomic mass is 16.2. The predicted molar refractivity (Wildman–Crippen MR) is 89.5 cm³/mol. The second-order valence-corrected chi connectivity index (χ2v) is 6.32. The van der Waals surface area contributed by atoms with Gasteiger partial charge in [-0.1, -0.05) is 0 Å². The first kappa shape index (κ1) is 14.9. The number of piperidine rings is 1. The summed E-state index contributed by atoms with van der Waals surface area (Å²) in [6, 6.07) is 3.98. The van der Waals surface area contributed by atoms with Gasteiger partial charge in [-0.3, -0.25) is 14.6 Å². The average Bonchev–Trinajstić information content (AvgIpc) is 3.25. The van der Waals surface area contributed by atoms with Crippen molar-refractivity contribution in [2.24, 2.45) is 0 Å². The van der Waals surface area contributed by atoms with Crippen molar-refractivity contribution in [1.29, 1.82) is 0 Å². The lowest BCUT2D eigenvalue weighted by molar-refractivity contribution is 0.0583. The Kier molecular flexibility index (Phi) is 3.76. The lowest BCUT2D eigenvalue weighted by Gasteiger charge is -2.35. The molecule has 0 unspecified atom stereocenters. The molecule has 1 aliphatic heterocycles. The van der Waals surface area contributed by atoms with Crippen molar-refractivity contribution in [2.75, 3.05) is 6.54 Å². The highest BCUT2D eigenvalue weighted by Gasteiger charge is 2.28. The fraction of sp³-hybridized carbons (Fsp3) is 0.412. The lowest BCUT2D eigenvalue weighted by atomic mass is 10.0. The van der Waals surface area contributed by atoms with Crippen LogP contribution in [0, 0.1) is 6.92 Å². The highest BCUT2D eigenvalue weighted by molar-refractivity contribution is 5.97. The maximum atomic E-state index is 13.0. The first-order chi connectivity index (χ1) is 11.7. The number of hydrogen-bond acceptors (Lipinski definition) is 4. The number of hydrogen-bond donors (Lipinski definition) is 1. The number of aryl methyl sites for hydroxylation is 1. The lowest BCUT2D eigenvalue weighted by Crippen LogP contribution is -2.46. The summed E-state index contributed by atoms with van der Waals surface area (Å²) in [5.74, 6) is 0.0434. The van der Waals surface area contributed by atoms with Crippen LogP contribution in [0.15, 0.2) is 30.7 Å². The molecule has 0 radical (unpaired) electrons. The smallest absolute Gasteiger partial charge is 0.255 e. The van der Waals surface area contributed by atoms with E-state index in [9.17, 15) is 4.79 Å². The van der Waals surface area contributed by atoms with Gasteiger partial charge in [0.2, 0.25) is 0 Å².